The first-order valence-corrected chi connectivity index (χ1v) is 8.59. The van der Waals surface area contributed by atoms with Gasteiger partial charge in [-0.15, -0.1) is 0 Å². The van der Waals surface area contributed by atoms with Crippen LogP contribution in [0.4, 0.5) is 17.3 Å². The molecule has 1 aliphatic carbocycles. The molecule has 0 spiro atoms. The minimum atomic E-state index is -0.513. The maximum Gasteiger partial charge on any atom is 0.252 e. The molecule has 7 nitrogen and oxygen atoms in total. The van der Waals surface area contributed by atoms with E-state index >= 15 is 0 Å². The molecule has 3 rings (SSSR count). The normalized spacial score (nSPS) is 20.0. The van der Waals surface area contributed by atoms with Crippen LogP contribution in [0.1, 0.15) is 36.0 Å². The van der Waals surface area contributed by atoms with Crippen molar-refractivity contribution in [3.8, 4) is 0 Å². The Bertz CT molecular complexity index is 721. The zero-order valence-electron chi connectivity index (χ0n) is 14.3. The second kappa shape index (κ2) is 7.94. The molecule has 2 aromatic heterocycles. The van der Waals surface area contributed by atoms with Gasteiger partial charge in [0.2, 0.25) is 0 Å². The van der Waals surface area contributed by atoms with Crippen LogP contribution in [0.15, 0.2) is 36.7 Å². The number of nitrogens with one attached hydrogen (secondary N) is 3. The molecule has 7 heteroatoms. The van der Waals surface area contributed by atoms with E-state index in [0.717, 1.165) is 24.3 Å². The van der Waals surface area contributed by atoms with Gasteiger partial charge in [-0.2, -0.15) is 0 Å². The quantitative estimate of drug-likeness (QED) is 0.643. The average molecular weight is 340 g/mol. The molecule has 0 aromatic carbocycles. The van der Waals surface area contributed by atoms with E-state index in [1.807, 2.05) is 19.2 Å². The maximum absolute atomic E-state index is 11.7. The van der Waals surface area contributed by atoms with Gasteiger partial charge in [-0.25, -0.2) is 4.98 Å². The number of nitrogens with zero attached hydrogens (tertiary/aromatic N) is 2. The van der Waals surface area contributed by atoms with Crippen molar-refractivity contribution < 1.29 is 4.79 Å². The Balaban J connectivity index is 1.83. The predicted molar refractivity (Wildman–Crippen MR) is 99.0 cm³/mol. The molecule has 0 bridgehead atoms. The van der Waals surface area contributed by atoms with Crippen molar-refractivity contribution in [2.75, 3.05) is 17.7 Å². The van der Waals surface area contributed by atoms with E-state index in [0.29, 0.717) is 23.5 Å². The summed E-state index contributed by atoms with van der Waals surface area (Å²) < 4.78 is 0. The molecule has 1 fully saturated rings. The average Bonchev–Trinajstić information content (AvgIpc) is 2.63. The highest BCUT2D eigenvalue weighted by Crippen LogP contribution is 2.24. The number of carbonyl (C=O) groups excluding carboxylic acids is 1. The summed E-state index contributed by atoms with van der Waals surface area (Å²) in [4.78, 5) is 20.3. The Labute approximate surface area is 147 Å². The van der Waals surface area contributed by atoms with Gasteiger partial charge < -0.3 is 21.7 Å². The van der Waals surface area contributed by atoms with Crippen LogP contribution >= 0.6 is 0 Å². The van der Waals surface area contributed by atoms with E-state index in [2.05, 4.69) is 25.9 Å². The van der Waals surface area contributed by atoms with Crippen LogP contribution in [0.25, 0.3) is 0 Å². The lowest BCUT2D eigenvalue weighted by Crippen LogP contribution is -2.44. The number of nitrogens with two attached hydrogens (primary N) is 1. The zero-order valence-corrected chi connectivity index (χ0v) is 14.3. The van der Waals surface area contributed by atoms with Gasteiger partial charge in [0.15, 0.2) is 0 Å². The van der Waals surface area contributed by atoms with Crippen molar-refractivity contribution in [1.29, 1.82) is 0 Å². The summed E-state index contributed by atoms with van der Waals surface area (Å²) in [6.07, 6.45) is 8.04. The molecule has 0 unspecified atom stereocenters. The van der Waals surface area contributed by atoms with Crippen LogP contribution in [0.5, 0.6) is 0 Å². The van der Waals surface area contributed by atoms with Crippen molar-refractivity contribution in [2.24, 2.45) is 5.73 Å². The van der Waals surface area contributed by atoms with Gasteiger partial charge >= 0.3 is 0 Å². The summed E-state index contributed by atoms with van der Waals surface area (Å²) >= 11 is 0. The number of primary amides is 1. The molecule has 1 amide bonds. The highest BCUT2D eigenvalue weighted by molar-refractivity contribution is 5.98. The van der Waals surface area contributed by atoms with E-state index in [1.54, 1.807) is 24.5 Å². The molecule has 132 valence electrons. The van der Waals surface area contributed by atoms with Gasteiger partial charge in [0.05, 0.1) is 5.56 Å². The number of rotatable bonds is 6. The van der Waals surface area contributed by atoms with E-state index < -0.39 is 5.91 Å². The van der Waals surface area contributed by atoms with Crippen LogP contribution in [-0.2, 0) is 0 Å². The number of pyridine rings is 2. The number of amides is 1. The Hall–Kier alpha value is -2.67. The maximum atomic E-state index is 11.7. The van der Waals surface area contributed by atoms with E-state index in [4.69, 9.17) is 5.73 Å². The summed E-state index contributed by atoms with van der Waals surface area (Å²) in [5.74, 6) is 0.663. The topological polar surface area (TPSA) is 105 Å². The second-order valence-electron chi connectivity index (χ2n) is 6.25. The summed E-state index contributed by atoms with van der Waals surface area (Å²) in [5, 5.41) is 10.0. The Kier molecular flexibility index (Phi) is 5.45. The van der Waals surface area contributed by atoms with Crippen LogP contribution in [-0.4, -0.2) is 35.0 Å². The lowest BCUT2D eigenvalue weighted by atomic mass is 9.90. The monoisotopic (exact) mass is 340 g/mol. The molecular formula is C18H24N6O. The second-order valence-corrected chi connectivity index (χ2v) is 6.25. The first-order valence-electron chi connectivity index (χ1n) is 8.59. The lowest BCUT2D eigenvalue weighted by Gasteiger charge is -2.32. The molecule has 1 saturated carbocycles. The molecular weight excluding hydrogens is 316 g/mol. The third-order valence-corrected chi connectivity index (χ3v) is 4.57. The van der Waals surface area contributed by atoms with E-state index in [-0.39, 0.29) is 0 Å². The summed E-state index contributed by atoms with van der Waals surface area (Å²) in [7, 11) is 1.99. The number of anilines is 3. The van der Waals surface area contributed by atoms with E-state index in [1.165, 1.54) is 12.8 Å². The van der Waals surface area contributed by atoms with Gasteiger partial charge in [-0.1, -0.05) is 12.8 Å². The van der Waals surface area contributed by atoms with Gasteiger partial charge in [-0.3, -0.25) is 9.78 Å². The standard InChI is InChI=1S/C18H24N6O/c1-20-14-4-2-3-5-15(14)23-16-7-6-13(17(19)25)18(24-16)22-12-8-10-21-11-9-12/h6-11,14-15,20H,2-5H2,1H3,(H2,19,25)(H2,21,22,23,24)/t14-,15+/m0/s1. The third-order valence-electron chi connectivity index (χ3n) is 4.57. The molecule has 0 aliphatic heterocycles. The molecule has 2 atom stereocenters. The van der Waals surface area contributed by atoms with Gasteiger partial charge in [0, 0.05) is 30.2 Å². The van der Waals surface area contributed by atoms with Crippen LogP contribution in [0, 0.1) is 0 Å². The molecule has 1 aliphatic rings. The Morgan fingerprint density at radius 3 is 2.52 bits per heavy atom. The fourth-order valence-corrected chi connectivity index (χ4v) is 3.24. The molecule has 0 saturated heterocycles. The lowest BCUT2D eigenvalue weighted by molar-refractivity contribution is 0.100. The van der Waals surface area contributed by atoms with Gasteiger partial charge in [0.25, 0.3) is 5.91 Å². The largest absolute Gasteiger partial charge is 0.366 e. The number of likely N-dealkylation sites (N-methyl/N-ethyl adjacent to an activating group) is 1. The van der Waals surface area contributed by atoms with Crippen LogP contribution in [0.2, 0.25) is 0 Å². The Morgan fingerprint density at radius 2 is 1.84 bits per heavy atom. The van der Waals surface area contributed by atoms with E-state index in [9.17, 15) is 4.79 Å². The fourth-order valence-electron chi connectivity index (χ4n) is 3.24. The smallest absolute Gasteiger partial charge is 0.252 e. The predicted octanol–water partition coefficient (Wildman–Crippen LogP) is 2.26. The van der Waals surface area contributed by atoms with Crippen molar-refractivity contribution >= 4 is 23.2 Å². The summed E-state index contributed by atoms with van der Waals surface area (Å²) in [5.41, 5.74) is 6.64. The molecule has 25 heavy (non-hydrogen) atoms. The van der Waals surface area contributed by atoms with Crippen molar-refractivity contribution in [3.05, 3.63) is 42.2 Å². The van der Waals surface area contributed by atoms with Crippen molar-refractivity contribution in [1.82, 2.24) is 15.3 Å². The Morgan fingerprint density at radius 1 is 1.12 bits per heavy atom. The van der Waals surface area contributed by atoms with Crippen LogP contribution < -0.4 is 21.7 Å². The minimum Gasteiger partial charge on any atom is -0.366 e. The zero-order chi connectivity index (χ0) is 17.6. The number of carbonyl (C=O) groups is 1. The SMILES string of the molecule is CN[C@H]1CCCC[C@H]1Nc1ccc(C(N)=O)c(Nc2ccncc2)n1. The molecule has 0 radical (unpaired) electrons. The van der Waals surface area contributed by atoms with Gasteiger partial charge in [-0.05, 0) is 44.2 Å². The van der Waals surface area contributed by atoms with Crippen LogP contribution in [0.3, 0.4) is 0 Å². The number of hydrogen-bond acceptors (Lipinski definition) is 6. The highest BCUT2D eigenvalue weighted by Gasteiger charge is 2.24. The first kappa shape index (κ1) is 17.2. The van der Waals surface area contributed by atoms with Gasteiger partial charge in [0.1, 0.15) is 11.6 Å². The summed E-state index contributed by atoms with van der Waals surface area (Å²) in [6.45, 7) is 0. The number of aromatic nitrogens is 2. The van der Waals surface area contributed by atoms with Crippen molar-refractivity contribution in [3.63, 3.8) is 0 Å². The fraction of sp³-hybridized carbons (Fsp3) is 0.389. The molecule has 5 N–H and O–H groups in total. The molecule has 2 heterocycles. The minimum absolute atomic E-state index is 0.319. The number of hydrogen-bond donors (Lipinski definition) is 4. The summed E-state index contributed by atoms with van der Waals surface area (Å²) in [6, 6.07) is 7.87. The molecule has 2 aromatic rings. The first-order chi connectivity index (χ1) is 12.2. The third kappa shape index (κ3) is 4.24. The highest BCUT2D eigenvalue weighted by atomic mass is 16.1. The van der Waals surface area contributed by atoms with Crippen molar-refractivity contribution in [2.45, 2.75) is 37.8 Å².